The molecule has 1 aromatic rings. The van der Waals surface area contributed by atoms with Crippen molar-refractivity contribution in [2.24, 2.45) is 5.92 Å². The van der Waals surface area contributed by atoms with Crippen LogP contribution in [0.5, 0.6) is 0 Å². The fourth-order valence-electron chi connectivity index (χ4n) is 3.16. The van der Waals surface area contributed by atoms with Crippen molar-refractivity contribution in [1.29, 1.82) is 0 Å². The summed E-state index contributed by atoms with van der Waals surface area (Å²) in [7, 11) is 1.74. The fraction of sp³-hybridized carbons (Fsp3) is 0.579. The van der Waals surface area contributed by atoms with E-state index in [1.54, 1.807) is 24.9 Å². The van der Waals surface area contributed by atoms with Crippen LogP contribution >= 0.6 is 0 Å². The van der Waals surface area contributed by atoms with Crippen molar-refractivity contribution < 1.29 is 14.0 Å². The summed E-state index contributed by atoms with van der Waals surface area (Å²) in [6, 6.07) is 5.56. The van der Waals surface area contributed by atoms with Crippen LogP contribution in [0.2, 0.25) is 0 Å². The van der Waals surface area contributed by atoms with Gasteiger partial charge in [-0.3, -0.25) is 14.5 Å². The Morgan fingerprint density at radius 3 is 2.72 bits per heavy atom. The summed E-state index contributed by atoms with van der Waals surface area (Å²) in [6.07, 6.45) is 4.54. The molecular weight excluding hydrogens is 321 g/mol. The van der Waals surface area contributed by atoms with Crippen LogP contribution in [-0.4, -0.2) is 42.4 Å². The summed E-state index contributed by atoms with van der Waals surface area (Å²) >= 11 is 0. The first kappa shape index (κ1) is 19.4. The number of hydrogen-bond donors (Lipinski definition) is 2. The molecule has 2 rings (SSSR count). The molecule has 138 valence electrons. The first-order chi connectivity index (χ1) is 11.9. The van der Waals surface area contributed by atoms with Gasteiger partial charge in [0.05, 0.1) is 12.6 Å². The average Bonchev–Trinajstić information content (AvgIpc) is 2.56. The number of nitrogens with one attached hydrogen (secondary N) is 2. The van der Waals surface area contributed by atoms with Gasteiger partial charge in [0.15, 0.2) is 0 Å². The Balaban J connectivity index is 1.83. The molecule has 1 fully saturated rings. The molecule has 2 N–H and O–H groups in total. The van der Waals surface area contributed by atoms with E-state index in [2.05, 4.69) is 17.6 Å². The minimum absolute atomic E-state index is 0.0557. The standard InChI is InChI=1S/C19H28FN3O2/c1-13-7-4-5-10-17(13)22-19(25)14(2)23(3)12-18(24)21-16-9-6-8-15(20)11-16/h6,8-9,11,13-14,17H,4-5,7,10,12H2,1-3H3,(H,21,24)(H,22,25)/t13-,14-,17+/m1/s1. The molecular formula is C19H28FN3O2. The molecule has 1 saturated carbocycles. The van der Waals surface area contributed by atoms with Crippen molar-refractivity contribution in [3.8, 4) is 0 Å². The molecule has 0 bridgehead atoms. The maximum Gasteiger partial charge on any atom is 0.238 e. The summed E-state index contributed by atoms with van der Waals surface area (Å²) in [5.41, 5.74) is 0.409. The minimum Gasteiger partial charge on any atom is -0.352 e. The van der Waals surface area contributed by atoms with E-state index in [9.17, 15) is 14.0 Å². The van der Waals surface area contributed by atoms with E-state index in [1.165, 1.54) is 24.6 Å². The lowest BCUT2D eigenvalue weighted by molar-refractivity contribution is -0.127. The van der Waals surface area contributed by atoms with E-state index in [1.807, 2.05) is 0 Å². The lowest BCUT2D eigenvalue weighted by Gasteiger charge is -2.32. The molecule has 0 saturated heterocycles. The highest BCUT2D eigenvalue weighted by Crippen LogP contribution is 2.23. The van der Waals surface area contributed by atoms with Crippen molar-refractivity contribution in [3.05, 3.63) is 30.1 Å². The SMILES string of the molecule is C[C@@H]1CCCC[C@@H]1NC(=O)[C@@H](C)N(C)CC(=O)Nc1cccc(F)c1. The molecule has 2 amide bonds. The molecule has 1 aromatic carbocycles. The third-order valence-corrected chi connectivity index (χ3v) is 4.98. The topological polar surface area (TPSA) is 61.4 Å². The number of halogens is 1. The van der Waals surface area contributed by atoms with Crippen molar-refractivity contribution in [1.82, 2.24) is 10.2 Å². The Labute approximate surface area is 149 Å². The largest absolute Gasteiger partial charge is 0.352 e. The Kier molecular flexibility index (Phi) is 6.93. The number of amides is 2. The number of anilines is 1. The average molecular weight is 349 g/mol. The second-order valence-corrected chi connectivity index (χ2v) is 7.03. The van der Waals surface area contributed by atoms with Gasteiger partial charge in [0, 0.05) is 11.7 Å². The molecule has 6 heteroatoms. The summed E-state index contributed by atoms with van der Waals surface area (Å²) in [6.45, 7) is 4.02. The van der Waals surface area contributed by atoms with E-state index in [4.69, 9.17) is 0 Å². The monoisotopic (exact) mass is 349 g/mol. The van der Waals surface area contributed by atoms with Gasteiger partial charge in [-0.1, -0.05) is 25.8 Å². The van der Waals surface area contributed by atoms with E-state index in [0.29, 0.717) is 11.6 Å². The molecule has 0 unspecified atom stereocenters. The quantitative estimate of drug-likeness (QED) is 0.830. The van der Waals surface area contributed by atoms with Crippen LogP contribution in [0, 0.1) is 11.7 Å². The third-order valence-electron chi connectivity index (χ3n) is 4.98. The predicted octanol–water partition coefficient (Wildman–Crippen LogP) is 2.78. The first-order valence-corrected chi connectivity index (χ1v) is 8.93. The zero-order valence-corrected chi connectivity index (χ0v) is 15.2. The van der Waals surface area contributed by atoms with Gasteiger partial charge in [0.1, 0.15) is 5.82 Å². The highest BCUT2D eigenvalue weighted by atomic mass is 19.1. The number of hydrogen-bond acceptors (Lipinski definition) is 3. The summed E-state index contributed by atoms with van der Waals surface area (Å²) in [5, 5.41) is 5.76. The van der Waals surface area contributed by atoms with Gasteiger partial charge < -0.3 is 10.6 Å². The van der Waals surface area contributed by atoms with Crippen LogP contribution in [0.25, 0.3) is 0 Å². The Morgan fingerprint density at radius 2 is 2.04 bits per heavy atom. The van der Waals surface area contributed by atoms with Gasteiger partial charge in [-0.2, -0.15) is 0 Å². The van der Waals surface area contributed by atoms with E-state index in [0.717, 1.165) is 19.3 Å². The zero-order valence-electron chi connectivity index (χ0n) is 15.2. The Bertz CT molecular complexity index is 608. The second-order valence-electron chi connectivity index (χ2n) is 7.03. The zero-order chi connectivity index (χ0) is 18.4. The number of carbonyl (C=O) groups is 2. The van der Waals surface area contributed by atoms with E-state index >= 15 is 0 Å². The summed E-state index contributed by atoms with van der Waals surface area (Å²) in [5.74, 6) is -0.245. The molecule has 0 radical (unpaired) electrons. The van der Waals surface area contributed by atoms with Crippen molar-refractivity contribution in [2.75, 3.05) is 18.9 Å². The molecule has 5 nitrogen and oxygen atoms in total. The van der Waals surface area contributed by atoms with Crippen LogP contribution in [0.15, 0.2) is 24.3 Å². The summed E-state index contributed by atoms with van der Waals surface area (Å²) < 4.78 is 13.2. The predicted molar refractivity (Wildman–Crippen MR) is 96.7 cm³/mol. The van der Waals surface area contributed by atoms with Crippen molar-refractivity contribution in [3.63, 3.8) is 0 Å². The molecule has 25 heavy (non-hydrogen) atoms. The first-order valence-electron chi connectivity index (χ1n) is 8.93. The fourth-order valence-corrected chi connectivity index (χ4v) is 3.16. The molecule has 1 aliphatic rings. The normalized spacial score (nSPS) is 21.6. The van der Waals surface area contributed by atoms with Crippen LogP contribution in [0.1, 0.15) is 39.5 Å². The number of carbonyl (C=O) groups excluding carboxylic acids is 2. The molecule has 0 heterocycles. The Morgan fingerprint density at radius 1 is 1.32 bits per heavy atom. The molecule has 0 aliphatic heterocycles. The van der Waals surface area contributed by atoms with Gasteiger partial charge in [0.2, 0.25) is 11.8 Å². The lowest BCUT2D eigenvalue weighted by Crippen LogP contribution is -2.50. The third kappa shape index (κ3) is 5.81. The van der Waals surface area contributed by atoms with Crippen LogP contribution in [-0.2, 0) is 9.59 Å². The lowest BCUT2D eigenvalue weighted by atomic mass is 9.86. The number of benzene rings is 1. The number of likely N-dealkylation sites (N-methyl/N-ethyl adjacent to an activating group) is 1. The number of nitrogens with zero attached hydrogens (tertiary/aromatic N) is 1. The summed E-state index contributed by atoms with van der Waals surface area (Å²) in [4.78, 5) is 26.2. The minimum atomic E-state index is -0.410. The van der Waals surface area contributed by atoms with Gasteiger partial charge in [0.25, 0.3) is 0 Å². The van der Waals surface area contributed by atoms with Gasteiger partial charge >= 0.3 is 0 Å². The second kappa shape index (κ2) is 8.94. The van der Waals surface area contributed by atoms with Crippen molar-refractivity contribution >= 4 is 17.5 Å². The van der Waals surface area contributed by atoms with E-state index in [-0.39, 0.29) is 24.4 Å². The van der Waals surface area contributed by atoms with E-state index < -0.39 is 11.9 Å². The highest BCUT2D eigenvalue weighted by molar-refractivity contribution is 5.92. The van der Waals surface area contributed by atoms with Crippen LogP contribution < -0.4 is 10.6 Å². The van der Waals surface area contributed by atoms with Crippen LogP contribution in [0.3, 0.4) is 0 Å². The van der Waals surface area contributed by atoms with Gasteiger partial charge in [-0.15, -0.1) is 0 Å². The number of rotatable bonds is 6. The smallest absolute Gasteiger partial charge is 0.238 e. The van der Waals surface area contributed by atoms with Crippen LogP contribution in [0.4, 0.5) is 10.1 Å². The van der Waals surface area contributed by atoms with Crippen molar-refractivity contribution in [2.45, 2.75) is 51.6 Å². The Hall–Kier alpha value is -1.95. The van der Waals surface area contributed by atoms with Gasteiger partial charge in [-0.25, -0.2) is 4.39 Å². The van der Waals surface area contributed by atoms with Gasteiger partial charge in [-0.05, 0) is 50.9 Å². The maximum atomic E-state index is 13.2. The molecule has 3 atom stereocenters. The molecule has 0 aromatic heterocycles. The maximum absolute atomic E-state index is 13.2. The molecule has 1 aliphatic carbocycles. The molecule has 0 spiro atoms. The highest BCUT2D eigenvalue weighted by Gasteiger charge is 2.26.